The predicted molar refractivity (Wildman–Crippen MR) is 86.9 cm³/mol. The van der Waals surface area contributed by atoms with Crippen LogP contribution in [0.4, 0.5) is 5.69 Å². The first kappa shape index (κ1) is 16.6. The summed E-state index contributed by atoms with van der Waals surface area (Å²) in [5, 5.41) is 0.284. The number of halogens is 1. The van der Waals surface area contributed by atoms with Crippen LogP contribution in [0.5, 0.6) is 0 Å². The zero-order chi connectivity index (χ0) is 15.6. The third-order valence-electron chi connectivity index (χ3n) is 3.86. The molecule has 0 radical (unpaired) electrons. The molecular formula is C15H23ClN2O2S. The van der Waals surface area contributed by atoms with Gasteiger partial charge in [-0.2, -0.15) is 4.31 Å². The molecule has 0 saturated heterocycles. The summed E-state index contributed by atoms with van der Waals surface area (Å²) in [7, 11) is -3.53. The quantitative estimate of drug-likeness (QED) is 0.840. The summed E-state index contributed by atoms with van der Waals surface area (Å²) < 4.78 is 27.5. The summed E-state index contributed by atoms with van der Waals surface area (Å²) in [6.45, 7) is 4.61. The number of nitrogens with two attached hydrogens (primary N) is 1. The first-order valence-electron chi connectivity index (χ1n) is 7.39. The Kier molecular flexibility index (Phi) is 5.17. The lowest BCUT2D eigenvalue weighted by molar-refractivity contribution is 0.292. The van der Waals surface area contributed by atoms with Crippen molar-refractivity contribution >= 4 is 27.3 Å². The average Bonchev–Trinajstić information content (AvgIpc) is 2.92. The Morgan fingerprint density at radius 2 is 1.95 bits per heavy atom. The Morgan fingerprint density at radius 3 is 2.48 bits per heavy atom. The standard InChI is InChI=1S/C15H23ClN2O2S/c1-11(2)10-18(12-5-3-4-6-12)21(19,20)13-7-8-15(17)14(16)9-13/h7-9,11-12H,3-6,10,17H2,1-2H3. The number of hydrogen-bond donors (Lipinski definition) is 1. The number of benzene rings is 1. The third-order valence-corrected chi connectivity index (χ3v) is 6.10. The Balaban J connectivity index is 2.38. The molecule has 6 heteroatoms. The lowest BCUT2D eigenvalue weighted by atomic mass is 10.2. The van der Waals surface area contributed by atoms with Gasteiger partial charge < -0.3 is 5.73 Å². The summed E-state index contributed by atoms with van der Waals surface area (Å²) in [4.78, 5) is 0.231. The number of nitrogen functional groups attached to an aromatic ring is 1. The monoisotopic (exact) mass is 330 g/mol. The van der Waals surface area contributed by atoms with Gasteiger partial charge in [-0.05, 0) is 37.0 Å². The molecule has 1 aliphatic rings. The van der Waals surface area contributed by atoms with Crippen LogP contribution in [0.3, 0.4) is 0 Å². The van der Waals surface area contributed by atoms with E-state index in [2.05, 4.69) is 0 Å². The van der Waals surface area contributed by atoms with E-state index in [4.69, 9.17) is 17.3 Å². The van der Waals surface area contributed by atoms with Crippen LogP contribution in [0.15, 0.2) is 23.1 Å². The van der Waals surface area contributed by atoms with E-state index in [-0.39, 0.29) is 21.9 Å². The van der Waals surface area contributed by atoms with Gasteiger partial charge in [0.2, 0.25) is 10.0 Å². The molecule has 1 aromatic rings. The van der Waals surface area contributed by atoms with Crippen molar-refractivity contribution in [1.82, 2.24) is 4.31 Å². The molecule has 0 aromatic heterocycles. The van der Waals surface area contributed by atoms with Crippen LogP contribution in [-0.2, 0) is 10.0 Å². The van der Waals surface area contributed by atoms with Crippen LogP contribution in [0.2, 0.25) is 5.02 Å². The molecule has 4 nitrogen and oxygen atoms in total. The van der Waals surface area contributed by atoms with E-state index in [0.29, 0.717) is 12.2 Å². The van der Waals surface area contributed by atoms with Gasteiger partial charge in [0, 0.05) is 12.6 Å². The van der Waals surface area contributed by atoms with Crippen molar-refractivity contribution < 1.29 is 8.42 Å². The minimum atomic E-state index is -3.53. The van der Waals surface area contributed by atoms with E-state index in [1.54, 1.807) is 16.4 Å². The zero-order valence-corrected chi connectivity index (χ0v) is 14.1. The topological polar surface area (TPSA) is 63.4 Å². The van der Waals surface area contributed by atoms with E-state index >= 15 is 0 Å². The predicted octanol–water partition coefficient (Wildman–Crippen LogP) is 3.51. The maximum absolute atomic E-state index is 12.9. The second kappa shape index (κ2) is 6.55. The van der Waals surface area contributed by atoms with Gasteiger partial charge in [0.15, 0.2) is 0 Å². The SMILES string of the molecule is CC(C)CN(C1CCCC1)S(=O)(=O)c1ccc(N)c(Cl)c1. The summed E-state index contributed by atoms with van der Waals surface area (Å²) in [5.41, 5.74) is 6.07. The van der Waals surface area contributed by atoms with Gasteiger partial charge in [0.1, 0.15) is 0 Å². The Morgan fingerprint density at radius 1 is 1.33 bits per heavy atom. The molecule has 1 aromatic carbocycles. The van der Waals surface area contributed by atoms with Crippen molar-refractivity contribution in [2.24, 2.45) is 5.92 Å². The minimum Gasteiger partial charge on any atom is -0.398 e. The first-order chi connectivity index (χ1) is 9.82. The van der Waals surface area contributed by atoms with Crippen LogP contribution < -0.4 is 5.73 Å². The van der Waals surface area contributed by atoms with Gasteiger partial charge in [0.05, 0.1) is 15.6 Å². The summed E-state index contributed by atoms with van der Waals surface area (Å²) in [5.74, 6) is 0.282. The van der Waals surface area contributed by atoms with Crippen molar-refractivity contribution in [1.29, 1.82) is 0 Å². The van der Waals surface area contributed by atoms with Gasteiger partial charge in [-0.15, -0.1) is 0 Å². The van der Waals surface area contributed by atoms with E-state index < -0.39 is 10.0 Å². The molecular weight excluding hydrogens is 308 g/mol. The van der Waals surface area contributed by atoms with Crippen LogP contribution in [-0.4, -0.2) is 25.3 Å². The Hall–Kier alpha value is -0.780. The molecule has 118 valence electrons. The van der Waals surface area contributed by atoms with Gasteiger partial charge in [0.25, 0.3) is 0 Å². The van der Waals surface area contributed by atoms with E-state index in [1.807, 2.05) is 13.8 Å². The van der Waals surface area contributed by atoms with Crippen molar-refractivity contribution in [3.8, 4) is 0 Å². The van der Waals surface area contributed by atoms with Crippen molar-refractivity contribution in [2.45, 2.75) is 50.5 Å². The number of nitrogens with zero attached hydrogens (tertiary/aromatic N) is 1. The highest BCUT2D eigenvalue weighted by Gasteiger charge is 2.33. The van der Waals surface area contributed by atoms with Crippen LogP contribution >= 0.6 is 11.6 Å². The highest BCUT2D eigenvalue weighted by atomic mass is 35.5. The normalized spacial score (nSPS) is 17.0. The molecule has 0 unspecified atom stereocenters. The highest BCUT2D eigenvalue weighted by Crippen LogP contribution is 2.31. The number of sulfonamides is 1. The Bertz CT molecular complexity index is 596. The summed E-state index contributed by atoms with van der Waals surface area (Å²) in [6.07, 6.45) is 4.07. The largest absolute Gasteiger partial charge is 0.398 e. The molecule has 0 atom stereocenters. The van der Waals surface area contributed by atoms with Crippen LogP contribution in [0.25, 0.3) is 0 Å². The molecule has 1 aliphatic carbocycles. The molecule has 1 fully saturated rings. The van der Waals surface area contributed by atoms with E-state index in [0.717, 1.165) is 25.7 Å². The lowest BCUT2D eigenvalue weighted by Gasteiger charge is -2.29. The smallest absolute Gasteiger partial charge is 0.243 e. The van der Waals surface area contributed by atoms with E-state index in [1.165, 1.54) is 6.07 Å². The number of hydrogen-bond acceptors (Lipinski definition) is 3. The van der Waals surface area contributed by atoms with Crippen molar-refractivity contribution in [2.75, 3.05) is 12.3 Å². The van der Waals surface area contributed by atoms with Gasteiger partial charge >= 0.3 is 0 Å². The van der Waals surface area contributed by atoms with Gasteiger partial charge in [-0.1, -0.05) is 38.3 Å². The fourth-order valence-electron chi connectivity index (χ4n) is 2.80. The maximum Gasteiger partial charge on any atom is 0.243 e. The lowest BCUT2D eigenvalue weighted by Crippen LogP contribution is -2.41. The molecule has 0 amide bonds. The van der Waals surface area contributed by atoms with E-state index in [9.17, 15) is 8.42 Å². The molecule has 0 spiro atoms. The molecule has 2 N–H and O–H groups in total. The third kappa shape index (κ3) is 3.71. The molecule has 0 aliphatic heterocycles. The van der Waals surface area contributed by atoms with Gasteiger partial charge in [-0.3, -0.25) is 0 Å². The molecule has 0 heterocycles. The number of anilines is 1. The van der Waals surface area contributed by atoms with Crippen molar-refractivity contribution in [3.63, 3.8) is 0 Å². The Labute approximate surface area is 132 Å². The summed E-state index contributed by atoms with van der Waals surface area (Å²) >= 11 is 5.98. The average molecular weight is 331 g/mol. The van der Waals surface area contributed by atoms with Crippen LogP contribution in [0, 0.1) is 5.92 Å². The summed E-state index contributed by atoms with van der Waals surface area (Å²) in [6, 6.07) is 4.65. The molecule has 2 rings (SSSR count). The fourth-order valence-corrected chi connectivity index (χ4v) is 4.92. The van der Waals surface area contributed by atoms with Crippen LogP contribution in [0.1, 0.15) is 39.5 Å². The minimum absolute atomic E-state index is 0.105. The molecule has 21 heavy (non-hydrogen) atoms. The second-order valence-electron chi connectivity index (χ2n) is 6.09. The second-order valence-corrected chi connectivity index (χ2v) is 8.39. The fraction of sp³-hybridized carbons (Fsp3) is 0.600. The van der Waals surface area contributed by atoms with Gasteiger partial charge in [-0.25, -0.2) is 8.42 Å². The molecule has 0 bridgehead atoms. The first-order valence-corrected chi connectivity index (χ1v) is 9.21. The molecule has 1 saturated carbocycles. The zero-order valence-electron chi connectivity index (χ0n) is 12.5. The highest BCUT2D eigenvalue weighted by molar-refractivity contribution is 7.89. The van der Waals surface area contributed by atoms with Crippen molar-refractivity contribution in [3.05, 3.63) is 23.2 Å². The number of rotatable bonds is 5. The maximum atomic E-state index is 12.9.